The van der Waals surface area contributed by atoms with Gasteiger partial charge < -0.3 is 4.90 Å². The van der Waals surface area contributed by atoms with Gasteiger partial charge in [-0.3, -0.25) is 9.78 Å². The Morgan fingerprint density at radius 3 is 2.77 bits per heavy atom. The van der Waals surface area contributed by atoms with Gasteiger partial charge in [-0.15, -0.1) is 11.3 Å². The molecule has 1 atom stereocenters. The number of likely N-dealkylation sites (tertiary alicyclic amines) is 1. The highest BCUT2D eigenvalue weighted by Crippen LogP contribution is 2.26. The van der Waals surface area contributed by atoms with Crippen molar-refractivity contribution in [3.63, 3.8) is 0 Å². The van der Waals surface area contributed by atoms with Gasteiger partial charge in [-0.1, -0.05) is 6.07 Å². The largest absolute Gasteiger partial charge is 0.343 e. The van der Waals surface area contributed by atoms with Crippen LogP contribution in [-0.2, 0) is 11.2 Å². The highest BCUT2D eigenvalue weighted by molar-refractivity contribution is 7.15. The molecule has 2 aromatic rings. The monoisotopic (exact) mass is 315 g/mol. The second kappa shape index (κ2) is 6.16. The number of rotatable bonds is 3. The number of amides is 1. The number of nitrogens with zero attached hydrogens (tertiary/aromatic N) is 3. The van der Waals surface area contributed by atoms with Crippen LogP contribution in [0.4, 0.5) is 0 Å². The van der Waals surface area contributed by atoms with Crippen LogP contribution in [0.5, 0.6) is 0 Å². The lowest BCUT2D eigenvalue weighted by Crippen LogP contribution is -2.26. The Hall–Kier alpha value is -1.75. The minimum atomic E-state index is 0.186. The first-order valence-corrected chi connectivity index (χ1v) is 8.49. The lowest BCUT2D eigenvalue weighted by atomic mass is 10.00. The Labute approximate surface area is 135 Å². The van der Waals surface area contributed by atoms with Gasteiger partial charge in [-0.05, 0) is 44.2 Å². The van der Waals surface area contributed by atoms with Crippen molar-refractivity contribution in [1.29, 1.82) is 0 Å². The average Bonchev–Trinajstić information content (AvgIpc) is 3.08. The van der Waals surface area contributed by atoms with Crippen LogP contribution >= 0.6 is 11.3 Å². The molecule has 3 heterocycles. The fourth-order valence-electron chi connectivity index (χ4n) is 2.87. The summed E-state index contributed by atoms with van der Waals surface area (Å²) in [5.41, 5.74) is 3.27. The molecule has 0 bridgehead atoms. The molecular formula is C17H21N3OS. The number of carbonyl (C=O) groups is 1. The van der Waals surface area contributed by atoms with Gasteiger partial charge in [-0.2, -0.15) is 0 Å². The number of aryl methyl sites for hydroxylation is 2. The number of hydrogen-bond donors (Lipinski definition) is 0. The number of carbonyl (C=O) groups excluding carboxylic acids is 1. The third-order valence-electron chi connectivity index (χ3n) is 4.33. The third kappa shape index (κ3) is 3.19. The molecule has 1 aliphatic heterocycles. The van der Waals surface area contributed by atoms with E-state index in [4.69, 9.17) is 0 Å². The molecule has 1 aliphatic rings. The van der Waals surface area contributed by atoms with Crippen LogP contribution in [0.1, 0.15) is 29.5 Å². The average molecular weight is 315 g/mol. The van der Waals surface area contributed by atoms with Crippen molar-refractivity contribution in [2.45, 2.75) is 33.6 Å². The van der Waals surface area contributed by atoms with E-state index in [9.17, 15) is 4.79 Å². The zero-order valence-corrected chi connectivity index (χ0v) is 14.1. The molecule has 1 amide bonds. The molecule has 22 heavy (non-hydrogen) atoms. The smallest absolute Gasteiger partial charge is 0.219 e. The van der Waals surface area contributed by atoms with Crippen molar-refractivity contribution in [3.8, 4) is 10.7 Å². The van der Waals surface area contributed by atoms with Crippen molar-refractivity contribution >= 4 is 17.2 Å². The predicted molar refractivity (Wildman–Crippen MR) is 88.9 cm³/mol. The number of thiazole rings is 1. The quantitative estimate of drug-likeness (QED) is 0.873. The summed E-state index contributed by atoms with van der Waals surface area (Å²) < 4.78 is 0. The summed E-state index contributed by atoms with van der Waals surface area (Å²) in [6.45, 7) is 7.54. The molecule has 2 aromatic heterocycles. The van der Waals surface area contributed by atoms with E-state index in [0.717, 1.165) is 42.3 Å². The summed E-state index contributed by atoms with van der Waals surface area (Å²) in [6, 6.07) is 4.20. The normalized spacial score (nSPS) is 18.0. The first-order chi connectivity index (χ1) is 10.5. The van der Waals surface area contributed by atoms with E-state index < -0.39 is 0 Å². The van der Waals surface area contributed by atoms with Gasteiger partial charge in [0, 0.05) is 31.1 Å². The zero-order valence-electron chi connectivity index (χ0n) is 13.3. The highest BCUT2D eigenvalue weighted by atomic mass is 32.1. The lowest BCUT2D eigenvalue weighted by molar-refractivity contribution is -0.127. The van der Waals surface area contributed by atoms with Gasteiger partial charge in [0.15, 0.2) is 0 Å². The minimum Gasteiger partial charge on any atom is -0.343 e. The van der Waals surface area contributed by atoms with Crippen molar-refractivity contribution in [2.24, 2.45) is 5.92 Å². The number of aromatic nitrogens is 2. The minimum absolute atomic E-state index is 0.186. The van der Waals surface area contributed by atoms with Gasteiger partial charge in [0.1, 0.15) is 5.01 Å². The Kier molecular flexibility index (Phi) is 4.25. The summed E-state index contributed by atoms with van der Waals surface area (Å²) in [4.78, 5) is 23.7. The highest BCUT2D eigenvalue weighted by Gasteiger charge is 2.24. The van der Waals surface area contributed by atoms with Crippen LogP contribution in [0.2, 0.25) is 0 Å². The fraction of sp³-hybridized carbons (Fsp3) is 0.471. The van der Waals surface area contributed by atoms with Crippen LogP contribution in [0, 0.1) is 19.8 Å². The molecule has 1 saturated heterocycles. The van der Waals surface area contributed by atoms with Gasteiger partial charge >= 0.3 is 0 Å². The summed E-state index contributed by atoms with van der Waals surface area (Å²) in [7, 11) is 0. The first-order valence-electron chi connectivity index (χ1n) is 7.68. The van der Waals surface area contributed by atoms with Gasteiger partial charge in [0.2, 0.25) is 5.91 Å². The summed E-state index contributed by atoms with van der Waals surface area (Å²) in [5, 5.41) is 0.991. The summed E-state index contributed by atoms with van der Waals surface area (Å²) in [5.74, 6) is 0.742. The van der Waals surface area contributed by atoms with Crippen molar-refractivity contribution in [2.75, 3.05) is 13.1 Å². The first kappa shape index (κ1) is 15.2. The Morgan fingerprint density at radius 1 is 1.41 bits per heavy atom. The van der Waals surface area contributed by atoms with Crippen molar-refractivity contribution < 1.29 is 4.79 Å². The van der Waals surface area contributed by atoms with E-state index in [-0.39, 0.29) is 5.91 Å². The van der Waals surface area contributed by atoms with E-state index in [1.807, 2.05) is 18.0 Å². The predicted octanol–water partition coefficient (Wildman–Crippen LogP) is 3.23. The Morgan fingerprint density at radius 2 is 2.23 bits per heavy atom. The molecule has 0 aromatic carbocycles. The molecule has 1 fully saturated rings. The molecule has 0 aliphatic carbocycles. The van der Waals surface area contributed by atoms with Gasteiger partial charge in [0.05, 0.1) is 11.4 Å². The fourth-order valence-corrected chi connectivity index (χ4v) is 3.76. The van der Waals surface area contributed by atoms with Crippen molar-refractivity contribution in [1.82, 2.24) is 14.9 Å². The van der Waals surface area contributed by atoms with E-state index in [0.29, 0.717) is 5.92 Å². The molecular weight excluding hydrogens is 294 g/mol. The summed E-state index contributed by atoms with van der Waals surface area (Å²) >= 11 is 1.69. The molecule has 0 radical (unpaired) electrons. The van der Waals surface area contributed by atoms with E-state index in [1.165, 1.54) is 10.4 Å². The molecule has 116 valence electrons. The van der Waals surface area contributed by atoms with Crippen LogP contribution < -0.4 is 0 Å². The molecule has 0 spiro atoms. The van der Waals surface area contributed by atoms with Crippen LogP contribution in [0.25, 0.3) is 10.7 Å². The standard InChI is InChI=1S/C17H21N3OS/c1-11-12(2)22-17(19-11)16-5-4-14(9-18-16)8-15-6-7-20(10-15)13(3)21/h4-5,9,15H,6-8,10H2,1-3H3. The second-order valence-corrected chi connectivity index (χ2v) is 7.24. The van der Waals surface area contributed by atoms with Gasteiger partial charge in [0.25, 0.3) is 0 Å². The van der Waals surface area contributed by atoms with Crippen molar-refractivity contribution in [3.05, 3.63) is 34.5 Å². The summed E-state index contributed by atoms with van der Waals surface area (Å²) in [6.07, 6.45) is 4.04. The van der Waals surface area contributed by atoms with E-state index in [1.54, 1.807) is 18.3 Å². The molecule has 0 N–H and O–H groups in total. The molecule has 3 rings (SSSR count). The number of pyridine rings is 1. The second-order valence-electron chi connectivity index (χ2n) is 6.04. The maximum absolute atomic E-state index is 11.4. The van der Waals surface area contributed by atoms with Crippen LogP contribution in [-0.4, -0.2) is 33.9 Å². The Bertz CT molecular complexity index is 658. The SMILES string of the molecule is CC(=O)N1CCC(Cc2ccc(-c3nc(C)c(C)s3)nc2)C1. The van der Waals surface area contributed by atoms with E-state index >= 15 is 0 Å². The molecule has 0 saturated carbocycles. The van der Waals surface area contributed by atoms with Gasteiger partial charge in [-0.25, -0.2) is 4.98 Å². The Balaban J connectivity index is 1.66. The zero-order chi connectivity index (χ0) is 15.7. The maximum Gasteiger partial charge on any atom is 0.219 e. The molecule has 1 unspecified atom stereocenters. The van der Waals surface area contributed by atoms with E-state index in [2.05, 4.69) is 29.0 Å². The van der Waals surface area contributed by atoms with Crippen LogP contribution in [0.3, 0.4) is 0 Å². The maximum atomic E-state index is 11.4. The third-order valence-corrected chi connectivity index (χ3v) is 5.42. The number of hydrogen-bond acceptors (Lipinski definition) is 4. The molecule has 5 heteroatoms. The molecule has 4 nitrogen and oxygen atoms in total. The lowest BCUT2D eigenvalue weighted by Gasteiger charge is -2.13. The topological polar surface area (TPSA) is 46.1 Å². The van der Waals surface area contributed by atoms with Crippen LogP contribution in [0.15, 0.2) is 18.3 Å².